The Kier molecular flexibility index (Phi) is 11.8. The summed E-state index contributed by atoms with van der Waals surface area (Å²) < 4.78 is 5.49. The topological polar surface area (TPSA) is 49.9 Å². The zero-order valence-electron chi connectivity index (χ0n) is 21.5. The predicted octanol–water partition coefficient (Wildman–Crippen LogP) is 6.23. The smallest absolute Gasteiger partial charge is 0.242 e. The first-order chi connectivity index (χ1) is 17.2. The molecule has 5 nitrogen and oxygen atoms in total. The van der Waals surface area contributed by atoms with Crippen LogP contribution in [0.1, 0.15) is 87.3 Å². The molecule has 2 aromatic rings. The number of unbranched alkanes of at least 4 members (excludes halogenated alkanes) is 5. The fourth-order valence-electron chi connectivity index (χ4n) is 4.84. The molecular formula is C29H42N2O3S. The van der Waals surface area contributed by atoms with E-state index in [4.69, 9.17) is 4.74 Å². The van der Waals surface area contributed by atoms with Crippen LogP contribution in [0.3, 0.4) is 0 Å². The molecule has 2 amide bonds. The van der Waals surface area contributed by atoms with Crippen LogP contribution in [0.5, 0.6) is 0 Å². The normalized spacial score (nSPS) is 15.1. The van der Waals surface area contributed by atoms with Crippen LogP contribution in [0.4, 0.5) is 0 Å². The average Bonchev–Trinajstić information content (AvgIpc) is 3.36. The van der Waals surface area contributed by atoms with Crippen molar-refractivity contribution in [3.63, 3.8) is 0 Å². The first kappa shape index (κ1) is 27.4. The van der Waals surface area contributed by atoms with Crippen LogP contribution >= 0.6 is 11.3 Å². The average molecular weight is 499 g/mol. The molecule has 6 heteroatoms. The lowest BCUT2D eigenvalue weighted by Crippen LogP contribution is -2.47. The van der Waals surface area contributed by atoms with Gasteiger partial charge in [-0.15, -0.1) is 11.3 Å². The summed E-state index contributed by atoms with van der Waals surface area (Å²) in [5.74, 6) is 0.123. The number of hydrogen-bond acceptors (Lipinski definition) is 4. The van der Waals surface area contributed by atoms with Crippen LogP contribution in [-0.2, 0) is 20.7 Å². The van der Waals surface area contributed by atoms with Crippen molar-refractivity contribution in [1.82, 2.24) is 9.80 Å². The molecule has 0 spiro atoms. The quantitative estimate of drug-likeness (QED) is 0.274. The zero-order chi connectivity index (χ0) is 24.9. The monoisotopic (exact) mass is 498 g/mol. The van der Waals surface area contributed by atoms with E-state index in [1.807, 2.05) is 30.0 Å². The molecule has 0 N–H and O–H groups in total. The van der Waals surface area contributed by atoms with Gasteiger partial charge in [0.05, 0.1) is 12.6 Å². The Hall–Kier alpha value is -2.18. The molecule has 0 saturated heterocycles. The second kappa shape index (κ2) is 15.0. The van der Waals surface area contributed by atoms with Crippen LogP contribution in [0, 0.1) is 0 Å². The second-order valence-corrected chi connectivity index (χ2v) is 10.3. The number of thiophene rings is 1. The van der Waals surface area contributed by atoms with Gasteiger partial charge in [0, 0.05) is 37.6 Å². The summed E-state index contributed by atoms with van der Waals surface area (Å²) in [6.07, 6.45) is 9.02. The molecule has 0 radical (unpaired) electrons. The van der Waals surface area contributed by atoms with E-state index in [1.54, 1.807) is 16.2 Å². The van der Waals surface area contributed by atoms with Crippen molar-refractivity contribution >= 4 is 23.2 Å². The Bertz CT molecular complexity index is 898. The summed E-state index contributed by atoms with van der Waals surface area (Å²) in [7, 11) is 0. The highest BCUT2D eigenvalue weighted by molar-refractivity contribution is 7.10. The molecule has 1 atom stereocenters. The second-order valence-electron chi connectivity index (χ2n) is 9.33. The molecule has 0 bridgehead atoms. The van der Waals surface area contributed by atoms with Crippen molar-refractivity contribution in [1.29, 1.82) is 0 Å². The van der Waals surface area contributed by atoms with E-state index in [2.05, 4.69) is 30.5 Å². The van der Waals surface area contributed by atoms with Gasteiger partial charge < -0.3 is 14.5 Å². The van der Waals surface area contributed by atoms with Gasteiger partial charge in [-0.3, -0.25) is 9.59 Å². The molecule has 35 heavy (non-hydrogen) atoms. The van der Waals surface area contributed by atoms with Crippen molar-refractivity contribution in [3.8, 4) is 0 Å². The molecule has 1 aliphatic heterocycles. The Morgan fingerprint density at radius 3 is 2.57 bits per heavy atom. The van der Waals surface area contributed by atoms with Crippen molar-refractivity contribution in [3.05, 3.63) is 57.8 Å². The minimum absolute atomic E-state index is 0.0309. The molecule has 1 aliphatic rings. The highest BCUT2D eigenvalue weighted by Crippen LogP contribution is 2.37. The van der Waals surface area contributed by atoms with Crippen molar-refractivity contribution < 1.29 is 14.3 Å². The molecule has 3 rings (SSSR count). The number of carbonyl (C=O) groups excluding carboxylic acids is 2. The summed E-state index contributed by atoms with van der Waals surface area (Å²) in [6, 6.07) is 12.3. The molecule has 1 unspecified atom stereocenters. The number of hydrogen-bond donors (Lipinski definition) is 0. The van der Waals surface area contributed by atoms with E-state index in [-0.39, 0.29) is 24.4 Å². The standard InChI is InChI=1S/C29H42N2O3S/c1-3-5-6-7-8-12-16-27(32)30(19-13-21-34-4-2)23-28(33)31-20-17-26-25(18-22-35-26)29(31)24-14-10-9-11-15-24/h9-11,14-15,18,22,29H,3-8,12-13,16-17,19-21,23H2,1-2H3. The molecule has 1 aromatic heterocycles. The number of benzene rings is 1. The van der Waals surface area contributed by atoms with Gasteiger partial charge in [0.25, 0.3) is 0 Å². The van der Waals surface area contributed by atoms with Crippen molar-refractivity contribution in [2.75, 3.05) is 32.8 Å². The Balaban J connectivity index is 1.67. The number of ether oxygens (including phenoxy) is 1. The maximum Gasteiger partial charge on any atom is 0.242 e. The fraction of sp³-hybridized carbons (Fsp3) is 0.586. The summed E-state index contributed by atoms with van der Waals surface area (Å²) >= 11 is 1.77. The first-order valence-corrected chi connectivity index (χ1v) is 14.3. The van der Waals surface area contributed by atoms with Crippen LogP contribution in [-0.4, -0.2) is 54.5 Å². The summed E-state index contributed by atoms with van der Waals surface area (Å²) in [5, 5.41) is 2.12. The maximum atomic E-state index is 13.7. The number of rotatable bonds is 15. The van der Waals surface area contributed by atoms with Crippen molar-refractivity contribution in [2.24, 2.45) is 0 Å². The number of carbonyl (C=O) groups is 2. The van der Waals surface area contributed by atoms with Crippen LogP contribution < -0.4 is 0 Å². The van der Waals surface area contributed by atoms with Crippen LogP contribution in [0.25, 0.3) is 0 Å². The summed E-state index contributed by atoms with van der Waals surface area (Å²) in [5.41, 5.74) is 2.35. The predicted molar refractivity (Wildman–Crippen MR) is 144 cm³/mol. The lowest BCUT2D eigenvalue weighted by atomic mass is 9.93. The Labute approximate surface area is 215 Å². The third-order valence-corrected chi connectivity index (χ3v) is 7.74. The van der Waals surface area contributed by atoms with Gasteiger partial charge in [-0.05, 0) is 48.8 Å². The molecule has 0 saturated carbocycles. The molecule has 2 heterocycles. The van der Waals surface area contributed by atoms with Crippen LogP contribution in [0.15, 0.2) is 41.8 Å². The van der Waals surface area contributed by atoms with Crippen LogP contribution in [0.2, 0.25) is 0 Å². The largest absolute Gasteiger partial charge is 0.382 e. The molecule has 1 aromatic carbocycles. The third kappa shape index (κ3) is 8.18. The van der Waals surface area contributed by atoms with E-state index in [0.717, 1.165) is 31.2 Å². The molecule has 0 fully saturated rings. The third-order valence-electron chi connectivity index (χ3n) is 6.75. The summed E-state index contributed by atoms with van der Waals surface area (Å²) in [4.78, 5) is 31.9. The van der Waals surface area contributed by atoms with E-state index in [9.17, 15) is 9.59 Å². The minimum Gasteiger partial charge on any atom is -0.382 e. The van der Waals surface area contributed by atoms with Crippen molar-refractivity contribution in [2.45, 2.75) is 77.7 Å². The first-order valence-electron chi connectivity index (χ1n) is 13.4. The number of nitrogens with zero attached hydrogens (tertiary/aromatic N) is 2. The summed E-state index contributed by atoms with van der Waals surface area (Å²) in [6.45, 7) is 6.86. The molecule has 0 aliphatic carbocycles. The van der Waals surface area contributed by atoms with Gasteiger partial charge in [0.15, 0.2) is 0 Å². The van der Waals surface area contributed by atoms with E-state index in [0.29, 0.717) is 32.7 Å². The highest BCUT2D eigenvalue weighted by Gasteiger charge is 2.33. The van der Waals surface area contributed by atoms with E-state index < -0.39 is 0 Å². The maximum absolute atomic E-state index is 13.7. The minimum atomic E-state index is -0.0855. The molecular weight excluding hydrogens is 456 g/mol. The SMILES string of the molecule is CCCCCCCCC(=O)N(CCCOCC)CC(=O)N1CCc2sccc2C1c1ccccc1. The Morgan fingerprint density at radius 1 is 1.03 bits per heavy atom. The van der Waals surface area contributed by atoms with Gasteiger partial charge in [-0.25, -0.2) is 0 Å². The number of amides is 2. The highest BCUT2D eigenvalue weighted by atomic mass is 32.1. The lowest BCUT2D eigenvalue weighted by Gasteiger charge is -2.37. The number of fused-ring (bicyclic) bond motifs is 1. The van der Waals surface area contributed by atoms with E-state index in [1.165, 1.54) is 36.1 Å². The fourth-order valence-corrected chi connectivity index (χ4v) is 5.75. The van der Waals surface area contributed by atoms with Gasteiger partial charge >= 0.3 is 0 Å². The lowest BCUT2D eigenvalue weighted by molar-refractivity contribution is -0.142. The Morgan fingerprint density at radius 2 is 1.80 bits per heavy atom. The van der Waals surface area contributed by atoms with Gasteiger partial charge in [0.2, 0.25) is 11.8 Å². The van der Waals surface area contributed by atoms with Gasteiger partial charge in [-0.2, -0.15) is 0 Å². The van der Waals surface area contributed by atoms with E-state index >= 15 is 0 Å². The van der Waals surface area contributed by atoms with Gasteiger partial charge in [-0.1, -0.05) is 69.4 Å². The zero-order valence-corrected chi connectivity index (χ0v) is 22.4. The van der Waals surface area contributed by atoms with Gasteiger partial charge in [0.1, 0.15) is 0 Å². The molecule has 192 valence electrons.